The molecule has 67 heavy (non-hydrogen) atoms. The van der Waals surface area contributed by atoms with Crippen LogP contribution >= 0.6 is 0 Å². The Morgan fingerprint density at radius 1 is 0.507 bits per heavy atom. The number of aliphatic hydroxyl groups excluding tert-OH is 2. The standard InChI is InChI=1S/C55H92O12/c1-4-7-10-13-16-19-21-23-24-26-27-30-32-35-38-41-47(56)63-44-46(65-48(57)42-39-36-34-31-28-25-22-20-17-14-11-8-5-2)45-64-55-53(51(60)50(59)52(67-55)54(61)62)66-49(58)43-40-37-33-29-18-15-12-9-6-3/h8,11,17,20,23-25,28,34,36,46,50-53,55,59-60H,4-7,9-10,12-16,18-19,21-22,26-27,29-33,35,37-45H2,1-3H3,(H,61,62)/b11-8-,20-17-,24-23-,28-25-,36-34-. The van der Waals surface area contributed by atoms with Gasteiger partial charge in [0.05, 0.1) is 6.61 Å². The van der Waals surface area contributed by atoms with Gasteiger partial charge < -0.3 is 39.0 Å². The fourth-order valence-corrected chi connectivity index (χ4v) is 7.55. The highest BCUT2D eigenvalue weighted by Gasteiger charge is 2.50. The van der Waals surface area contributed by atoms with Crippen LogP contribution in [0.3, 0.4) is 0 Å². The zero-order valence-electron chi connectivity index (χ0n) is 41.9. The van der Waals surface area contributed by atoms with E-state index < -0.39 is 67.3 Å². The second-order valence-corrected chi connectivity index (χ2v) is 17.8. The van der Waals surface area contributed by atoms with Gasteiger partial charge in [0.2, 0.25) is 0 Å². The third-order valence-corrected chi connectivity index (χ3v) is 11.6. The molecule has 1 aliphatic heterocycles. The Hall–Kier alpha value is -3.58. The SMILES string of the molecule is CC/C=C\C/C=C\C/C=C\C/C=C\CCC(=O)OC(COC(=O)CCCCCCC/C=C\CCCCCCCC)COC1OC(C(=O)O)C(O)C(O)C1OC(=O)CCCCCCCCCCC. The maximum atomic E-state index is 13.0. The van der Waals surface area contributed by atoms with Gasteiger partial charge in [-0.15, -0.1) is 0 Å². The quantitative estimate of drug-likeness (QED) is 0.0229. The van der Waals surface area contributed by atoms with E-state index in [1.54, 1.807) is 0 Å². The summed E-state index contributed by atoms with van der Waals surface area (Å²) >= 11 is 0. The summed E-state index contributed by atoms with van der Waals surface area (Å²) in [5.41, 5.74) is 0. The first-order valence-corrected chi connectivity index (χ1v) is 26.3. The molecule has 1 aliphatic rings. The lowest BCUT2D eigenvalue weighted by atomic mass is 9.98. The van der Waals surface area contributed by atoms with Gasteiger partial charge >= 0.3 is 23.9 Å². The van der Waals surface area contributed by atoms with Crippen molar-refractivity contribution in [1.82, 2.24) is 0 Å². The Bertz CT molecular complexity index is 1400. The highest BCUT2D eigenvalue weighted by Crippen LogP contribution is 2.26. The summed E-state index contributed by atoms with van der Waals surface area (Å²) in [5.74, 6) is -3.24. The van der Waals surface area contributed by atoms with Gasteiger partial charge in [-0.1, -0.05) is 184 Å². The van der Waals surface area contributed by atoms with Gasteiger partial charge in [-0.25, -0.2) is 4.79 Å². The van der Waals surface area contributed by atoms with Gasteiger partial charge in [0.25, 0.3) is 0 Å². The first kappa shape index (κ1) is 61.4. The molecule has 1 heterocycles. The monoisotopic (exact) mass is 945 g/mol. The summed E-state index contributed by atoms with van der Waals surface area (Å²) < 4.78 is 28.1. The van der Waals surface area contributed by atoms with Gasteiger partial charge in [0.1, 0.15) is 18.8 Å². The minimum Gasteiger partial charge on any atom is -0.479 e. The molecule has 1 saturated heterocycles. The van der Waals surface area contributed by atoms with Crippen molar-refractivity contribution in [2.45, 2.75) is 250 Å². The Labute approximate surface area is 405 Å². The lowest BCUT2D eigenvalue weighted by Crippen LogP contribution is -2.61. The molecule has 3 N–H and O–H groups in total. The number of carbonyl (C=O) groups is 4. The topological polar surface area (TPSA) is 175 Å². The average molecular weight is 945 g/mol. The van der Waals surface area contributed by atoms with E-state index in [1.165, 1.54) is 64.2 Å². The van der Waals surface area contributed by atoms with Crippen LogP contribution in [0.4, 0.5) is 0 Å². The fourth-order valence-electron chi connectivity index (χ4n) is 7.55. The summed E-state index contributed by atoms with van der Waals surface area (Å²) in [4.78, 5) is 50.7. The van der Waals surface area contributed by atoms with Crippen LogP contribution in [0.1, 0.15) is 213 Å². The molecule has 384 valence electrons. The molecule has 12 heteroatoms. The molecule has 0 bridgehead atoms. The maximum Gasteiger partial charge on any atom is 0.335 e. The largest absolute Gasteiger partial charge is 0.479 e. The van der Waals surface area contributed by atoms with Crippen molar-refractivity contribution in [3.8, 4) is 0 Å². The molecule has 0 radical (unpaired) electrons. The molecule has 0 aromatic heterocycles. The van der Waals surface area contributed by atoms with Crippen LogP contribution in [-0.2, 0) is 42.9 Å². The smallest absolute Gasteiger partial charge is 0.335 e. The Balaban J connectivity index is 2.77. The van der Waals surface area contributed by atoms with Crippen LogP contribution in [0.2, 0.25) is 0 Å². The second kappa shape index (κ2) is 43.7. The predicted octanol–water partition coefficient (Wildman–Crippen LogP) is 12.4. The van der Waals surface area contributed by atoms with Crippen LogP contribution in [0, 0.1) is 0 Å². The zero-order chi connectivity index (χ0) is 49.0. The van der Waals surface area contributed by atoms with E-state index in [9.17, 15) is 34.5 Å². The number of esters is 3. The molecular formula is C55H92O12. The summed E-state index contributed by atoms with van der Waals surface area (Å²) in [7, 11) is 0. The van der Waals surface area contributed by atoms with Gasteiger partial charge in [-0.2, -0.15) is 0 Å². The minimum absolute atomic E-state index is 0.0403. The molecule has 0 saturated carbocycles. The van der Waals surface area contributed by atoms with E-state index >= 15 is 0 Å². The van der Waals surface area contributed by atoms with E-state index in [1.807, 2.05) is 12.2 Å². The number of hydrogen-bond acceptors (Lipinski definition) is 11. The van der Waals surface area contributed by atoms with E-state index in [0.29, 0.717) is 25.7 Å². The third-order valence-electron chi connectivity index (χ3n) is 11.6. The van der Waals surface area contributed by atoms with Crippen molar-refractivity contribution in [1.29, 1.82) is 0 Å². The zero-order valence-corrected chi connectivity index (χ0v) is 41.9. The lowest BCUT2D eigenvalue weighted by molar-refractivity contribution is -0.301. The molecule has 1 rings (SSSR count). The highest BCUT2D eigenvalue weighted by molar-refractivity contribution is 5.74. The molecular weight excluding hydrogens is 853 g/mol. The number of rotatable bonds is 43. The van der Waals surface area contributed by atoms with Crippen LogP contribution in [0.15, 0.2) is 60.8 Å². The van der Waals surface area contributed by atoms with Crippen molar-refractivity contribution in [2.75, 3.05) is 13.2 Å². The van der Waals surface area contributed by atoms with Gasteiger partial charge in [-0.3, -0.25) is 14.4 Å². The normalized spacial score (nSPS) is 19.3. The summed E-state index contributed by atoms with van der Waals surface area (Å²) in [6.45, 7) is 5.74. The van der Waals surface area contributed by atoms with E-state index in [4.69, 9.17) is 23.7 Å². The van der Waals surface area contributed by atoms with Crippen LogP contribution in [-0.4, -0.2) is 89.2 Å². The Kier molecular flexibility index (Phi) is 40.1. The molecule has 0 aromatic carbocycles. The van der Waals surface area contributed by atoms with Gasteiger partial charge in [0, 0.05) is 19.3 Å². The van der Waals surface area contributed by atoms with Crippen LogP contribution in [0.25, 0.3) is 0 Å². The number of aliphatic carboxylic acids is 1. The molecule has 0 aliphatic carbocycles. The van der Waals surface area contributed by atoms with Gasteiger partial charge in [0.15, 0.2) is 24.6 Å². The third kappa shape index (κ3) is 34.4. The van der Waals surface area contributed by atoms with Crippen LogP contribution in [0.5, 0.6) is 0 Å². The molecule has 1 fully saturated rings. The predicted molar refractivity (Wildman–Crippen MR) is 266 cm³/mol. The van der Waals surface area contributed by atoms with Crippen molar-refractivity contribution in [3.63, 3.8) is 0 Å². The number of carboxylic acids is 1. The molecule has 0 spiro atoms. The average Bonchev–Trinajstić information content (AvgIpc) is 3.31. The number of allylic oxidation sites excluding steroid dienone is 10. The molecule has 6 unspecified atom stereocenters. The van der Waals surface area contributed by atoms with Crippen LogP contribution < -0.4 is 0 Å². The Morgan fingerprint density at radius 3 is 1.49 bits per heavy atom. The number of carbonyl (C=O) groups excluding carboxylic acids is 3. The molecule has 12 nitrogen and oxygen atoms in total. The number of hydrogen-bond donors (Lipinski definition) is 3. The van der Waals surface area contributed by atoms with E-state index in [2.05, 4.69) is 69.4 Å². The second-order valence-electron chi connectivity index (χ2n) is 17.8. The van der Waals surface area contributed by atoms with Gasteiger partial charge in [-0.05, 0) is 70.6 Å². The molecule has 0 aromatic rings. The van der Waals surface area contributed by atoms with Crippen molar-refractivity contribution in [2.24, 2.45) is 0 Å². The number of aliphatic hydroxyl groups is 2. The molecule has 6 atom stereocenters. The number of unbranched alkanes of at least 4 members (excludes halogenated alkanes) is 19. The first-order chi connectivity index (χ1) is 32.6. The number of carboxylic acid groups (broad SMARTS) is 1. The lowest BCUT2D eigenvalue weighted by Gasteiger charge is -2.40. The molecule has 0 amide bonds. The van der Waals surface area contributed by atoms with E-state index in [0.717, 1.165) is 83.5 Å². The summed E-state index contributed by atoms with van der Waals surface area (Å²) in [6.07, 6.45) is 39.6. The van der Waals surface area contributed by atoms with Crippen molar-refractivity contribution in [3.05, 3.63) is 60.8 Å². The summed E-state index contributed by atoms with van der Waals surface area (Å²) in [5, 5.41) is 31.2. The van der Waals surface area contributed by atoms with Crippen molar-refractivity contribution < 1.29 is 58.2 Å². The number of ether oxygens (including phenoxy) is 5. The highest BCUT2D eigenvalue weighted by atomic mass is 16.7. The Morgan fingerprint density at radius 2 is 0.970 bits per heavy atom. The maximum absolute atomic E-state index is 13.0. The fraction of sp³-hybridized carbons (Fsp3) is 0.745. The minimum atomic E-state index is -1.91. The van der Waals surface area contributed by atoms with Crippen molar-refractivity contribution >= 4 is 23.9 Å². The summed E-state index contributed by atoms with van der Waals surface area (Å²) in [6, 6.07) is 0. The van der Waals surface area contributed by atoms with E-state index in [-0.39, 0.29) is 25.9 Å². The first-order valence-electron chi connectivity index (χ1n) is 26.3.